The molecule has 1 fully saturated rings. The summed E-state index contributed by atoms with van der Waals surface area (Å²) in [5, 5.41) is 3.53. The van der Waals surface area contributed by atoms with Crippen molar-refractivity contribution in [1.29, 1.82) is 0 Å². The smallest absolute Gasteiger partial charge is 0.233 e. The molecule has 1 aliphatic carbocycles. The predicted octanol–water partition coefficient (Wildman–Crippen LogP) is 2.86. The lowest BCUT2D eigenvalue weighted by Crippen LogP contribution is -2.36. The fourth-order valence-electron chi connectivity index (χ4n) is 3.45. The number of carbonyl (C=O) groups excluding carboxylic acids is 3. The van der Waals surface area contributed by atoms with Crippen molar-refractivity contribution in [2.45, 2.75) is 32.2 Å². The molecule has 0 aromatic heterocycles. The summed E-state index contributed by atoms with van der Waals surface area (Å²) in [5.41, 5.74) is 0.947. The predicted molar refractivity (Wildman–Crippen MR) is 94.7 cm³/mol. The Morgan fingerprint density at radius 1 is 1.16 bits per heavy atom. The summed E-state index contributed by atoms with van der Waals surface area (Å²) in [6.45, 7) is 2.03. The minimum atomic E-state index is -0.242. The van der Waals surface area contributed by atoms with Gasteiger partial charge in [-0.05, 0) is 37.5 Å². The number of rotatable bonds is 5. The van der Waals surface area contributed by atoms with Gasteiger partial charge in [-0.15, -0.1) is 0 Å². The lowest BCUT2D eigenvalue weighted by molar-refractivity contribution is -0.140. The second-order valence-corrected chi connectivity index (χ2v) is 7.01. The Morgan fingerprint density at radius 2 is 1.72 bits per heavy atom. The van der Waals surface area contributed by atoms with Crippen LogP contribution in [0.1, 0.15) is 37.8 Å². The van der Waals surface area contributed by atoms with Crippen molar-refractivity contribution in [3.05, 3.63) is 47.0 Å². The Hall–Kier alpha value is -2.14. The molecule has 6 heteroatoms. The molecule has 1 aromatic carbocycles. The first-order chi connectivity index (χ1) is 12.0. The van der Waals surface area contributed by atoms with Crippen LogP contribution in [-0.4, -0.2) is 29.2 Å². The van der Waals surface area contributed by atoms with Crippen LogP contribution >= 0.6 is 11.6 Å². The number of imide groups is 1. The summed E-state index contributed by atoms with van der Waals surface area (Å²) in [6.07, 6.45) is 5.26. The quantitative estimate of drug-likeness (QED) is 0.648. The van der Waals surface area contributed by atoms with Gasteiger partial charge >= 0.3 is 0 Å². The molecule has 0 saturated carbocycles. The standard InChI is InChI=1S/C19H21ClN2O3/c1-12(13-6-8-14(20)9-7-13)21-17(23)10-11-22-18(24)15-4-2-3-5-16(15)19(22)25/h2-3,6-9,12,15-16H,4-5,10-11H2,1H3,(H,21,23)/t12-,15-,16+/m1/s1. The highest BCUT2D eigenvalue weighted by atomic mass is 35.5. The minimum absolute atomic E-state index is 0.113. The van der Waals surface area contributed by atoms with Crippen LogP contribution in [0.25, 0.3) is 0 Å². The molecule has 1 N–H and O–H groups in total. The summed E-state index contributed by atoms with van der Waals surface area (Å²) in [4.78, 5) is 38.2. The molecule has 5 nitrogen and oxygen atoms in total. The maximum absolute atomic E-state index is 12.4. The van der Waals surface area contributed by atoms with Crippen molar-refractivity contribution in [3.8, 4) is 0 Å². The zero-order chi connectivity index (χ0) is 18.0. The Morgan fingerprint density at radius 3 is 2.28 bits per heavy atom. The Kier molecular flexibility index (Phi) is 5.23. The van der Waals surface area contributed by atoms with Gasteiger partial charge in [-0.3, -0.25) is 19.3 Å². The fourth-order valence-corrected chi connectivity index (χ4v) is 3.58. The van der Waals surface area contributed by atoms with Crippen molar-refractivity contribution in [2.75, 3.05) is 6.54 Å². The van der Waals surface area contributed by atoms with E-state index >= 15 is 0 Å². The van der Waals surface area contributed by atoms with Gasteiger partial charge in [-0.2, -0.15) is 0 Å². The highest BCUT2D eigenvalue weighted by Crippen LogP contribution is 2.35. The second kappa shape index (κ2) is 7.40. The third kappa shape index (κ3) is 3.76. The maximum atomic E-state index is 12.4. The molecule has 1 saturated heterocycles. The summed E-state index contributed by atoms with van der Waals surface area (Å²) < 4.78 is 0. The van der Waals surface area contributed by atoms with Crippen LogP contribution in [0.2, 0.25) is 5.02 Å². The topological polar surface area (TPSA) is 66.5 Å². The van der Waals surface area contributed by atoms with Gasteiger partial charge in [0.25, 0.3) is 0 Å². The molecular formula is C19H21ClN2O3. The Balaban J connectivity index is 1.53. The first-order valence-electron chi connectivity index (χ1n) is 8.52. The molecule has 1 heterocycles. The number of nitrogens with zero attached hydrogens (tertiary/aromatic N) is 1. The van der Waals surface area contributed by atoms with Crippen molar-refractivity contribution in [3.63, 3.8) is 0 Å². The van der Waals surface area contributed by atoms with Crippen molar-refractivity contribution in [1.82, 2.24) is 10.2 Å². The largest absolute Gasteiger partial charge is 0.350 e. The highest BCUT2D eigenvalue weighted by Gasteiger charge is 2.46. The van der Waals surface area contributed by atoms with E-state index < -0.39 is 0 Å². The number of carbonyl (C=O) groups is 3. The van der Waals surface area contributed by atoms with Gasteiger partial charge in [0.15, 0.2) is 0 Å². The van der Waals surface area contributed by atoms with Crippen LogP contribution in [0.3, 0.4) is 0 Å². The van der Waals surface area contributed by atoms with Crippen LogP contribution < -0.4 is 5.32 Å². The zero-order valence-corrected chi connectivity index (χ0v) is 14.8. The van der Waals surface area contributed by atoms with Gasteiger partial charge in [0.2, 0.25) is 17.7 Å². The van der Waals surface area contributed by atoms with Gasteiger partial charge in [-0.25, -0.2) is 0 Å². The second-order valence-electron chi connectivity index (χ2n) is 6.57. The van der Waals surface area contributed by atoms with E-state index in [1.165, 1.54) is 4.90 Å². The Bertz CT molecular complexity index is 688. The Labute approximate surface area is 152 Å². The van der Waals surface area contributed by atoms with E-state index in [1.807, 2.05) is 31.2 Å². The number of benzene rings is 1. The molecule has 0 bridgehead atoms. The van der Waals surface area contributed by atoms with Crippen LogP contribution in [0.15, 0.2) is 36.4 Å². The molecule has 0 radical (unpaired) electrons. The van der Waals surface area contributed by atoms with E-state index in [2.05, 4.69) is 5.32 Å². The zero-order valence-electron chi connectivity index (χ0n) is 14.1. The first-order valence-corrected chi connectivity index (χ1v) is 8.90. The van der Waals surface area contributed by atoms with Gasteiger partial charge in [0, 0.05) is 18.0 Å². The number of hydrogen-bond acceptors (Lipinski definition) is 3. The highest BCUT2D eigenvalue weighted by molar-refractivity contribution is 6.30. The third-order valence-electron chi connectivity index (χ3n) is 4.91. The average molecular weight is 361 g/mol. The molecule has 25 heavy (non-hydrogen) atoms. The average Bonchev–Trinajstić information content (AvgIpc) is 2.85. The molecule has 3 rings (SSSR count). The van der Waals surface area contributed by atoms with E-state index in [-0.39, 0.29) is 48.6 Å². The van der Waals surface area contributed by atoms with Crippen LogP contribution in [0.5, 0.6) is 0 Å². The summed E-state index contributed by atoms with van der Waals surface area (Å²) >= 11 is 5.86. The van der Waals surface area contributed by atoms with Gasteiger partial charge in [0.1, 0.15) is 0 Å². The molecule has 2 aliphatic rings. The molecule has 0 unspecified atom stereocenters. The third-order valence-corrected chi connectivity index (χ3v) is 5.16. The monoisotopic (exact) mass is 360 g/mol. The van der Waals surface area contributed by atoms with Crippen molar-refractivity contribution >= 4 is 29.3 Å². The van der Waals surface area contributed by atoms with Crippen LogP contribution in [0, 0.1) is 11.8 Å². The number of halogens is 1. The molecule has 0 spiro atoms. The molecule has 1 aromatic rings. The minimum Gasteiger partial charge on any atom is -0.350 e. The van der Waals surface area contributed by atoms with Gasteiger partial charge in [-0.1, -0.05) is 35.9 Å². The maximum Gasteiger partial charge on any atom is 0.233 e. The van der Waals surface area contributed by atoms with E-state index in [9.17, 15) is 14.4 Å². The van der Waals surface area contributed by atoms with Crippen molar-refractivity contribution < 1.29 is 14.4 Å². The van der Waals surface area contributed by atoms with Crippen molar-refractivity contribution in [2.24, 2.45) is 11.8 Å². The lowest BCUT2D eigenvalue weighted by atomic mass is 9.85. The SMILES string of the molecule is C[C@@H](NC(=O)CCN1C(=O)[C@H]2CC=CC[C@H]2C1=O)c1ccc(Cl)cc1. The normalized spacial score (nSPS) is 23.5. The number of fused-ring (bicyclic) bond motifs is 1. The number of hydrogen-bond donors (Lipinski definition) is 1. The number of amides is 3. The molecular weight excluding hydrogens is 340 g/mol. The number of nitrogens with one attached hydrogen (secondary N) is 1. The van der Waals surface area contributed by atoms with Crippen LogP contribution in [0.4, 0.5) is 0 Å². The first kappa shape index (κ1) is 17.7. The fraction of sp³-hybridized carbons (Fsp3) is 0.421. The number of likely N-dealkylation sites (tertiary alicyclic amines) is 1. The van der Waals surface area contributed by atoms with E-state index in [4.69, 9.17) is 11.6 Å². The van der Waals surface area contributed by atoms with Gasteiger partial charge < -0.3 is 5.32 Å². The van der Waals surface area contributed by atoms with E-state index in [0.29, 0.717) is 17.9 Å². The number of allylic oxidation sites excluding steroid dienone is 2. The lowest BCUT2D eigenvalue weighted by Gasteiger charge is -2.17. The summed E-state index contributed by atoms with van der Waals surface area (Å²) in [6, 6.07) is 7.10. The summed E-state index contributed by atoms with van der Waals surface area (Å²) in [5.74, 6) is -0.950. The molecule has 1 aliphatic heterocycles. The van der Waals surface area contributed by atoms with E-state index in [1.54, 1.807) is 12.1 Å². The molecule has 3 amide bonds. The molecule has 3 atom stereocenters. The molecule has 132 valence electrons. The van der Waals surface area contributed by atoms with E-state index in [0.717, 1.165) is 5.56 Å². The van der Waals surface area contributed by atoms with Crippen LogP contribution in [-0.2, 0) is 14.4 Å². The summed E-state index contributed by atoms with van der Waals surface area (Å²) in [7, 11) is 0. The van der Waals surface area contributed by atoms with Gasteiger partial charge in [0.05, 0.1) is 17.9 Å².